The molecule has 0 amide bonds. The van der Waals surface area contributed by atoms with Gasteiger partial charge in [-0.25, -0.2) is 4.39 Å². The van der Waals surface area contributed by atoms with E-state index in [0.29, 0.717) is 17.0 Å². The van der Waals surface area contributed by atoms with E-state index < -0.39 is 5.82 Å². The average Bonchev–Trinajstić information content (AvgIpc) is 2.38. The lowest BCUT2D eigenvalue weighted by Gasteiger charge is -2.09. The average molecular weight is 321 g/mol. The Morgan fingerprint density at radius 1 is 1.26 bits per heavy atom. The quantitative estimate of drug-likeness (QED) is 0.868. The van der Waals surface area contributed by atoms with E-state index in [1.165, 1.54) is 12.1 Å². The van der Waals surface area contributed by atoms with Gasteiger partial charge in [-0.2, -0.15) is 5.26 Å². The number of nitrogen functional groups attached to an aromatic ring is 1. The molecular weight excluding hydrogens is 311 g/mol. The lowest BCUT2D eigenvalue weighted by molar-refractivity contribution is 0.441. The van der Waals surface area contributed by atoms with Gasteiger partial charge in [0.15, 0.2) is 11.6 Å². The van der Waals surface area contributed by atoms with E-state index in [4.69, 9.17) is 15.7 Å². The van der Waals surface area contributed by atoms with Gasteiger partial charge in [0.1, 0.15) is 5.75 Å². The maximum Gasteiger partial charge on any atom is 0.165 e. The van der Waals surface area contributed by atoms with E-state index >= 15 is 0 Å². The molecule has 0 aliphatic heterocycles. The van der Waals surface area contributed by atoms with Gasteiger partial charge in [-0.3, -0.25) is 0 Å². The summed E-state index contributed by atoms with van der Waals surface area (Å²) in [5.41, 5.74) is 6.91. The van der Waals surface area contributed by atoms with E-state index in [-0.39, 0.29) is 12.2 Å². The molecular formula is C14H10BrFN2O. The lowest BCUT2D eigenvalue weighted by Crippen LogP contribution is -1.95. The van der Waals surface area contributed by atoms with Crippen molar-refractivity contribution < 1.29 is 9.13 Å². The molecule has 0 unspecified atom stereocenters. The zero-order chi connectivity index (χ0) is 13.8. The first kappa shape index (κ1) is 13.4. The molecule has 0 spiro atoms. The SMILES string of the molecule is N#CCc1cc(Oc2cc(Br)ccc2F)ccc1N. The number of rotatable bonds is 3. The van der Waals surface area contributed by atoms with Crippen LogP contribution >= 0.6 is 15.9 Å². The first-order valence-electron chi connectivity index (χ1n) is 5.48. The molecule has 19 heavy (non-hydrogen) atoms. The second kappa shape index (κ2) is 5.72. The normalized spacial score (nSPS) is 9.95. The minimum atomic E-state index is -0.457. The molecule has 0 bridgehead atoms. The van der Waals surface area contributed by atoms with Crippen LogP contribution in [0.2, 0.25) is 0 Å². The van der Waals surface area contributed by atoms with Gasteiger partial charge in [0, 0.05) is 10.2 Å². The van der Waals surface area contributed by atoms with Crippen LogP contribution in [0.5, 0.6) is 11.5 Å². The predicted molar refractivity (Wildman–Crippen MR) is 74.3 cm³/mol. The minimum Gasteiger partial charge on any atom is -0.454 e. The van der Waals surface area contributed by atoms with E-state index in [2.05, 4.69) is 15.9 Å². The second-order valence-corrected chi connectivity index (χ2v) is 4.79. The van der Waals surface area contributed by atoms with E-state index in [1.807, 2.05) is 6.07 Å². The first-order chi connectivity index (χ1) is 9.10. The van der Waals surface area contributed by atoms with Gasteiger partial charge in [-0.15, -0.1) is 0 Å². The largest absolute Gasteiger partial charge is 0.454 e. The summed E-state index contributed by atoms with van der Waals surface area (Å²) in [6.45, 7) is 0. The highest BCUT2D eigenvalue weighted by Gasteiger charge is 2.07. The van der Waals surface area contributed by atoms with Gasteiger partial charge in [-0.05, 0) is 42.0 Å². The molecule has 96 valence electrons. The number of halogens is 2. The number of ether oxygens (including phenoxy) is 1. The van der Waals surface area contributed by atoms with Gasteiger partial charge < -0.3 is 10.5 Å². The lowest BCUT2D eigenvalue weighted by atomic mass is 10.1. The summed E-state index contributed by atoms with van der Waals surface area (Å²) in [6.07, 6.45) is 0.185. The standard InChI is InChI=1S/C14H10BrFN2O/c15-10-1-3-12(16)14(8-10)19-11-2-4-13(18)9(7-11)5-6-17/h1-4,7-8H,5,18H2. The summed E-state index contributed by atoms with van der Waals surface area (Å²) in [6, 6.07) is 11.4. The summed E-state index contributed by atoms with van der Waals surface area (Å²) in [7, 11) is 0. The molecule has 0 atom stereocenters. The van der Waals surface area contributed by atoms with E-state index in [9.17, 15) is 4.39 Å². The molecule has 5 heteroatoms. The number of nitrogens with two attached hydrogens (primary N) is 1. The van der Waals surface area contributed by atoms with Crippen molar-refractivity contribution in [3.8, 4) is 17.6 Å². The number of benzene rings is 2. The summed E-state index contributed by atoms with van der Waals surface area (Å²) >= 11 is 3.25. The molecule has 0 fully saturated rings. The summed E-state index contributed by atoms with van der Waals surface area (Å²) in [4.78, 5) is 0. The molecule has 2 aromatic rings. The zero-order valence-corrected chi connectivity index (χ0v) is 11.4. The Morgan fingerprint density at radius 2 is 2.05 bits per heavy atom. The number of hydrogen-bond donors (Lipinski definition) is 1. The number of nitrogens with zero attached hydrogens (tertiary/aromatic N) is 1. The number of nitriles is 1. The Hall–Kier alpha value is -2.06. The molecule has 2 aromatic carbocycles. The van der Waals surface area contributed by atoms with Crippen molar-refractivity contribution in [3.63, 3.8) is 0 Å². The molecule has 3 nitrogen and oxygen atoms in total. The van der Waals surface area contributed by atoms with E-state index in [1.54, 1.807) is 24.3 Å². The third-order valence-electron chi connectivity index (χ3n) is 2.51. The highest BCUT2D eigenvalue weighted by atomic mass is 79.9. The minimum absolute atomic E-state index is 0.113. The number of anilines is 1. The summed E-state index contributed by atoms with van der Waals surface area (Å²) in [5.74, 6) is 0.0976. The van der Waals surface area contributed by atoms with Crippen LogP contribution in [0.25, 0.3) is 0 Å². The van der Waals surface area contributed by atoms with Crippen LogP contribution in [0.15, 0.2) is 40.9 Å². The maximum atomic E-state index is 13.6. The van der Waals surface area contributed by atoms with Crippen LogP contribution in [-0.4, -0.2) is 0 Å². The van der Waals surface area contributed by atoms with Crippen LogP contribution in [-0.2, 0) is 6.42 Å². The number of hydrogen-bond acceptors (Lipinski definition) is 3. The molecule has 0 heterocycles. The third-order valence-corrected chi connectivity index (χ3v) is 3.00. The highest BCUT2D eigenvalue weighted by molar-refractivity contribution is 9.10. The Labute approximate surface area is 118 Å². The van der Waals surface area contributed by atoms with Crippen LogP contribution in [0.1, 0.15) is 5.56 Å². The van der Waals surface area contributed by atoms with Crippen molar-refractivity contribution in [1.82, 2.24) is 0 Å². The van der Waals surface area contributed by atoms with Gasteiger partial charge >= 0.3 is 0 Å². The smallest absolute Gasteiger partial charge is 0.165 e. The van der Waals surface area contributed by atoms with Crippen molar-refractivity contribution >= 4 is 21.6 Å². The topological polar surface area (TPSA) is 59.0 Å². The van der Waals surface area contributed by atoms with Crippen LogP contribution in [0, 0.1) is 17.1 Å². The van der Waals surface area contributed by atoms with Crippen LogP contribution < -0.4 is 10.5 Å². The molecule has 2 rings (SSSR count). The third kappa shape index (κ3) is 3.24. The Balaban J connectivity index is 2.31. The van der Waals surface area contributed by atoms with Crippen molar-refractivity contribution in [3.05, 3.63) is 52.3 Å². The fraction of sp³-hybridized carbons (Fsp3) is 0.0714. The Morgan fingerprint density at radius 3 is 2.79 bits per heavy atom. The fourth-order valence-electron chi connectivity index (χ4n) is 1.57. The van der Waals surface area contributed by atoms with E-state index in [0.717, 1.165) is 4.47 Å². The molecule has 0 saturated carbocycles. The van der Waals surface area contributed by atoms with Crippen molar-refractivity contribution in [2.75, 3.05) is 5.73 Å². The van der Waals surface area contributed by atoms with Crippen molar-refractivity contribution in [1.29, 1.82) is 5.26 Å². The Bertz CT molecular complexity index is 652. The maximum absolute atomic E-state index is 13.6. The monoisotopic (exact) mass is 320 g/mol. The Kier molecular flexibility index (Phi) is 4.03. The molecule has 0 aromatic heterocycles. The summed E-state index contributed by atoms with van der Waals surface area (Å²) in [5, 5.41) is 8.69. The van der Waals surface area contributed by atoms with Gasteiger partial charge in [0.2, 0.25) is 0 Å². The molecule has 0 radical (unpaired) electrons. The molecule has 0 saturated heterocycles. The molecule has 0 aliphatic carbocycles. The molecule has 0 aliphatic rings. The van der Waals surface area contributed by atoms with Crippen molar-refractivity contribution in [2.24, 2.45) is 0 Å². The van der Waals surface area contributed by atoms with Crippen LogP contribution in [0.4, 0.5) is 10.1 Å². The van der Waals surface area contributed by atoms with Crippen molar-refractivity contribution in [2.45, 2.75) is 6.42 Å². The zero-order valence-electron chi connectivity index (χ0n) is 9.86. The predicted octanol–water partition coefficient (Wildman–Crippen LogP) is 4.03. The molecule has 2 N–H and O–H groups in total. The summed E-state index contributed by atoms with van der Waals surface area (Å²) < 4.78 is 19.7. The second-order valence-electron chi connectivity index (χ2n) is 3.87. The fourth-order valence-corrected chi connectivity index (χ4v) is 1.91. The first-order valence-corrected chi connectivity index (χ1v) is 6.27. The highest BCUT2D eigenvalue weighted by Crippen LogP contribution is 2.29. The van der Waals surface area contributed by atoms with Gasteiger partial charge in [0.25, 0.3) is 0 Å². The van der Waals surface area contributed by atoms with Crippen LogP contribution in [0.3, 0.4) is 0 Å². The van der Waals surface area contributed by atoms with Gasteiger partial charge in [-0.1, -0.05) is 15.9 Å². The van der Waals surface area contributed by atoms with Gasteiger partial charge in [0.05, 0.1) is 12.5 Å².